The average Bonchev–Trinajstić information content (AvgIpc) is 3.26. The summed E-state index contributed by atoms with van der Waals surface area (Å²) in [7, 11) is 1.65. The van der Waals surface area contributed by atoms with Gasteiger partial charge in [-0.05, 0) is 55.3 Å². The van der Waals surface area contributed by atoms with E-state index in [1.165, 1.54) is 11.8 Å². The van der Waals surface area contributed by atoms with E-state index in [9.17, 15) is 4.79 Å². The molecule has 0 saturated heterocycles. The predicted octanol–water partition coefficient (Wildman–Crippen LogP) is 5.98. The first kappa shape index (κ1) is 22.0. The number of carbonyl (C=O) groups is 1. The Kier molecular flexibility index (Phi) is 5.94. The lowest BCUT2D eigenvalue weighted by atomic mass is 10.1. The van der Waals surface area contributed by atoms with Gasteiger partial charge < -0.3 is 10.1 Å². The van der Waals surface area contributed by atoms with Crippen molar-refractivity contribution in [3.8, 4) is 5.75 Å². The van der Waals surface area contributed by atoms with Gasteiger partial charge in [0, 0.05) is 17.1 Å². The zero-order chi connectivity index (χ0) is 23.7. The maximum absolute atomic E-state index is 13.5. The van der Waals surface area contributed by atoms with Crippen LogP contribution in [0.3, 0.4) is 0 Å². The van der Waals surface area contributed by atoms with Crippen LogP contribution >= 0.6 is 11.8 Å². The third kappa shape index (κ3) is 4.22. The van der Waals surface area contributed by atoms with Gasteiger partial charge in [-0.1, -0.05) is 59.8 Å². The Morgan fingerprint density at radius 1 is 0.971 bits per heavy atom. The Balaban J connectivity index is 1.58. The van der Waals surface area contributed by atoms with Crippen LogP contribution in [0, 0.1) is 13.8 Å². The number of methoxy groups -OCH3 is 1. The molecule has 0 radical (unpaired) electrons. The minimum atomic E-state index is -0.517. The number of pyridine rings is 1. The molecule has 0 aliphatic rings. The molecule has 0 aliphatic heterocycles. The summed E-state index contributed by atoms with van der Waals surface area (Å²) in [5, 5.41) is 13.1. The summed E-state index contributed by atoms with van der Waals surface area (Å²) in [6.07, 6.45) is 0. The standard InChI is InChI=1S/C27H24N4O2S/c1-17-9-11-20(12-10-17)28-26(32)25(19-7-5-4-6-8-19)34-27-30-29-24-15-18(2)22-14-13-21(33-3)16-23(22)31(24)27/h4-16,25H,1-3H3,(H,28,32). The van der Waals surface area contributed by atoms with E-state index in [4.69, 9.17) is 4.74 Å². The SMILES string of the molecule is COc1ccc2c(C)cc3nnc(SC(C(=O)Nc4ccc(C)cc4)c4ccccc4)n3c2c1. The molecule has 7 heteroatoms. The second kappa shape index (κ2) is 9.19. The Hall–Kier alpha value is -3.84. The first-order valence-electron chi connectivity index (χ1n) is 10.9. The van der Waals surface area contributed by atoms with E-state index in [1.54, 1.807) is 7.11 Å². The van der Waals surface area contributed by atoms with Crippen molar-refractivity contribution in [3.05, 3.63) is 95.6 Å². The fourth-order valence-corrected chi connectivity index (χ4v) is 5.01. The van der Waals surface area contributed by atoms with Crippen molar-refractivity contribution >= 4 is 39.9 Å². The molecule has 0 spiro atoms. The molecule has 1 unspecified atom stereocenters. The number of nitrogens with zero attached hydrogens (tertiary/aromatic N) is 3. The van der Waals surface area contributed by atoms with Gasteiger partial charge in [-0.3, -0.25) is 9.20 Å². The van der Waals surface area contributed by atoms with Crippen LogP contribution < -0.4 is 10.1 Å². The smallest absolute Gasteiger partial charge is 0.242 e. The van der Waals surface area contributed by atoms with E-state index in [-0.39, 0.29) is 5.91 Å². The van der Waals surface area contributed by atoms with E-state index in [2.05, 4.69) is 22.4 Å². The maximum Gasteiger partial charge on any atom is 0.242 e. The molecule has 0 aliphatic carbocycles. The summed E-state index contributed by atoms with van der Waals surface area (Å²) >= 11 is 1.38. The molecule has 3 aromatic carbocycles. The van der Waals surface area contributed by atoms with Gasteiger partial charge in [0.25, 0.3) is 0 Å². The Morgan fingerprint density at radius 2 is 1.74 bits per heavy atom. The van der Waals surface area contributed by atoms with Crippen molar-refractivity contribution in [2.24, 2.45) is 0 Å². The summed E-state index contributed by atoms with van der Waals surface area (Å²) in [5.41, 5.74) is 5.56. The lowest BCUT2D eigenvalue weighted by Crippen LogP contribution is -2.19. The molecule has 0 saturated carbocycles. The van der Waals surface area contributed by atoms with Crippen LogP contribution in [0.2, 0.25) is 0 Å². The van der Waals surface area contributed by atoms with Gasteiger partial charge in [-0.15, -0.1) is 10.2 Å². The van der Waals surface area contributed by atoms with Crippen LogP contribution in [0.25, 0.3) is 16.6 Å². The molecule has 5 aromatic rings. The van der Waals surface area contributed by atoms with E-state index in [0.29, 0.717) is 5.16 Å². The number of carbonyl (C=O) groups excluding carboxylic acids is 1. The molecular weight excluding hydrogens is 444 g/mol. The zero-order valence-electron chi connectivity index (χ0n) is 19.1. The van der Waals surface area contributed by atoms with Crippen LogP contribution in [-0.2, 0) is 4.79 Å². The van der Waals surface area contributed by atoms with Gasteiger partial charge in [0.1, 0.15) is 11.0 Å². The minimum absolute atomic E-state index is 0.120. The number of benzene rings is 3. The van der Waals surface area contributed by atoms with Gasteiger partial charge in [0.15, 0.2) is 10.8 Å². The van der Waals surface area contributed by atoms with Crippen molar-refractivity contribution in [2.45, 2.75) is 24.3 Å². The largest absolute Gasteiger partial charge is 0.497 e. The number of hydrogen-bond acceptors (Lipinski definition) is 5. The molecule has 34 heavy (non-hydrogen) atoms. The molecule has 1 N–H and O–H groups in total. The Bertz CT molecular complexity index is 1480. The molecule has 2 aromatic heterocycles. The van der Waals surface area contributed by atoms with Gasteiger partial charge in [0.05, 0.1) is 12.6 Å². The maximum atomic E-state index is 13.5. The van der Waals surface area contributed by atoms with E-state index in [1.807, 2.05) is 90.2 Å². The van der Waals surface area contributed by atoms with Gasteiger partial charge >= 0.3 is 0 Å². The molecule has 6 nitrogen and oxygen atoms in total. The number of ether oxygens (including phenoxy) is 1. The van der Waals surface area contributed by atoms with Crippen molar-refractivity contribution in [1.82, 2.24) is 14.6 Å². The van der Waals surface area contributed by atoms with Crippen LogP contribution in [0.15, 0.2) is 84.0 Å². The van der Waals surface area contributed by atoms with Crippen molar-refractivity contribution in [1.29, 1.82) is 0 Å². The van der Waals surface area contributed by atoms with E-state index >= 15 is 0 Å². The molecule has 170 valence electrons. The number of aromatic nitrogens is 3. The lowest BCUT2D eigenvalue weighted by Gasteiger charge is -2.17. The summed E-state index contributed by atoms with van der Waals surface area (Å²) < 4.78 is 7.46. The lowest BCUT2D eigenvalue weighted by molar-refractivity contribution is -0.115. The topological polar surface area (TPSA) is 68.5 Å². The molecule has 5 rings (SSSR count). The number of aryl methyl sites for hydroxylation is 2. The summed E-state index contributed by atoms with van der Waals surface area (Å²) in [6.45, 7) is 4.07. The molecule has 1 atom stereocenters. The Labute approximate surface area is 202 Å². The monoisotopic (exact) mass is 468 g/mol. The number of hydrogen-bond donors (Lipinski definition) is 1. The van der Waals surface area contributed by atoms with Crippen molar-refractivity contribution < 1.29 is 9.53 Å². The first-order valence-corrected chi connectivity index (χ1v) is 11.8. The summed E-state index contributed by atoms with van der Waals surface area (Å²) in [6, 6.07) is 25.5. The van der Waals surface area contributed by atoms with Crippen LogP contribution in [-0.4, -0.2) is 27.6 Å². The Morgan fingerprint density at radius 3 is 2.47 bits per heavy atom. The molecular formula is C27H24N4O2S. The highest BCUT2D eigenvalue weighted by molar-refractivity contribution is 8.00. The zero-order valence-corrected chi connectivity index (χ0v) is 20.0. The summed E-state index contributed by atoms with van der Waals surface area (Å²) in [5.74, 6) is 0.631. The van der Waals surface area contributed by atoms with Crippen molar-refractivity contribution in [2.75, 3.05) is 12.4 Å². The normalized spacial score (nSPS) is 12.1. The number of fused-ring (bicyclic) bond motifs is 3. The number of rotatable bonds is 6. The second-order valence-corrected chi connectivity index (χ2v) is 9.22. The quantitative estimate of drug-likeness (QED) is 0.311. The molecule has 2 heterocycles. The molecule has 0 fully saturated rings. The summed E-state index contributed by atoms with van der Waals surface area (Å²) in [4.78, 5) is 13.5. The number of thioether (sulfide) groups is 1. The fourth-order valence-electron chi connectivity index (χ4n) is 3.96. The predicted molar refractivity (Wildman–Crippen MR) is 137 cm³/mol. The third-order valence-electron chi connectivity index (χ3n) is 5.76. The highest BCUT2D eigenvalue weighted by Gasteiger charge is 2.25. The number of anilines is 1. The van der Waals surface area contributed by atoms with Gasteiger partial charge in [-0.25, -0.2) is 0 Å². The molecule has 1 amide bonds. The average molecular weight is 469 g/mol. The second-order valence-electron chi connectivity index (χ2n) is 8.15. The van der Waals surface area contributed by atoms with Gasteiger partial charge in [0.2, 0.25) is 5.91 Å². The molecule has 0 bridgehead atoms. The minimum Gasteiger partial charge on any atom is -0.497 e. The highest BCUT2D eigenvalue weighted by atomic mass is 32.2. The number of amides is 1. The number of nitrogens with one attached hydrogen (secondary N) is 1. The highest BCUT2D eigenvalue weighted by Crippen LogP contribution is 2.37. The van der Waals surface area contributed by atoms with Crippen LogP contribution in [0.1, 0.15) is 21.9 Å². The first-order chi connectivity index (χ1) is 16.5. The van der Waals surface area contributed by atoms with E-state index in [0.717, 1.165) is 44.7 Å². The van der Waals surface area contributed by atoms with Gasteiger partial charge in [-0.2, -0.15) is 0 Å². The third-order valence-corrected chi connectivity index (χ3v) is 6.95. The van der Waals surface area contributed by atoms with Crippen LogP contribution in [0.4, 0.5) is 5.69 Å². The van der Waals surface area contributed by atoms with Crippen LogP contribution in [0.5, 0.6) is 5.75 Å². The van der Waals surface area contributed by atoms with E-state index < -0.39 is 5.25 Å². The van der Waals surface area contributed by atoms with Crippen molar-refractivity contribution in [3.63, 3.8) is 0 Å². The fraction of sp³-hybridized carbons (Fsp3) is 0.148.